The van der Waals surface area contributed by atoms with Crippen molar-refractivity contribution in [3.8, 4) is 5.75 Å². The molecule has 1 aromatic rings. The van der Waals surface area contributed by atoms with Gasteiger partial charge in [0.15, 0.2) is 11.6 Å². The molecule has 5 heteroatoms. The third-order valence-corrected chi connectivity index (χ3v) is 1.92. The fourth-order valence-electron chi connectivity index (χ4n) is 1.22. The maximum Gasteiger partial charge on any atom is 0.238 e. The number of methoxy groups -OCH3 is 1. The molecule has 0 aliphatic heterocycles. The zero-order valence-electron chi connectivity index (χ0n) is 8.25. The third-order valence-electron chi connectivity index (χ3n) is 1.92. The topological polar surface area (TPSA) is 38.7 Å². The van der Waals surface area contributed by atoms with Crippen LogP contribution in [0.5, 0.6) is 5.75 Å². The summed E-state index contributed by atoms with van der Waals surface area (Å²) in [5.41, 5.74) is -0.145. The number of halogens is 2. The number of ether oxygens (including phenoxy) is 1. The van der Waals surface area contributed by atoms with Gasteiger partial charge in [-0.3, -0.25) is 0 Å². The third kappa shape index (κ3) is 2.19. The summed E-state index contributed by atoms with van der Waals surface area (Å²) < 4.78 is 31.7. The molecule has 80 valence electrons. The smallest absolute Gasteiger partial charge is 0.238 e. The number of benzene rings is 1. The van der Waals surface area contributed by atoms with Crippen LogP contribution < -0.4 is 4.74 Å². The minimum Gasteiger partial charge on any atom is -0.493 e. The fraction of sp³-hybridized carbons (Fsp3) is 0.300. The second kappa shape index (κ2) is 4.19. The highest BCUT2D eigenvalue weighted by atomic mass is 19.1. The van der Waals surface area contributed by atoms with Crippen molar-refractivity contribution < 1.29 is 18.3 Å². The maximum absolute atomic E-state index is 13.8. The average molecular weight is 213 g/mol. The quantitative estimate of drug-likeness (QED) is 0.439. The normalized spacial score (nSPS) is 13.9. The molecule has 0 saturated heterocycles. The highest BCUT2D eigenvalue weighted by Crippen LogP contribution is 2.35. The van der Waals surface area contributed by atoms with E-state index in [0.717, 1.165) is 19.1 Å². The van der Waals surface area contributed by atoms with Crippen LogP contribution in [0.25, 0.3) is 0 Å². The van der Waals surface area contributed by atoms with Gasteiger partial charge in [0.1, 0.15) is 0 Å². The fourth-order valence-corrected chi connectivity index (χ4v) is 1.22. The van der Waals surface area contributed by atoms with E-state index in [-0.39, 0.29) is 11.3 Å². The number of alkyl halides is 1. The van der Waals surface area contributed by atoms with E-state index in [1.54, 1.807) is 0 Å². The number of carbonyl (C=O) groups excluding carboxylic acids is 1. The van der Waals surface area contributed by atoms with Gasteiger partial charge >= 0.3 is 0 Å². The molecule has 1 aromatic carbocycles. The van der Waals surface area contributed by atoms with Crippen LogP contribution in [0.1, 0.15) is 12.5 Å². The molecule has 0 N–H and O–H groups in total. The zero-order valence-corrected chi connectivity index (χ0v) is 8.25. The van der Waals surface area contributed by atoms with Crippen LogP contribution in [0.15, 0.2) is 23.2 Å². The summed E-state index contributed by atoms with van der Waals surface area (Å²) in [7, 11) is 1.21. The second-order valence-corrected chi connectivity index (χ2v) is 2.98. The molecule has 0 amide bonds. The predicted octanol–water partition coefficient (Wildman–Crippen LogP) is 2.31. The molecule has 0 saturated carbocycles. The van der Waals surface area contributed by atoms with Gasteiger partial charge in [0.05, 0.1) is 12.7 Å². The van der Waals surface area contributed by atoms with Crippen LogP contribution in [0.4, 0.5) is 8.78 Å². The van der Waals surface area contributed by atoms with E-state index in [2.05, 4.69) is 4.99 Å². The first-order chi connectivity index (χ1) is 7.03. The van der Waals surface area contributed by atoms with Crippen molar-refractivity contribution >= 4 is 6.08 Å². The summed E-state index contributed by atoms with van der Waals surface area (Å²) in [4.78, 5) is 13.0. The van der Waals surface area contributed by atoms with Gasteiger partial charge in [0.25, 0.3) is 0 Å². The summed E-state index contributed by atoms with van der Waals surface area (Å²) in [6.07, 6.45) is 1.10. The van der Waals surface area contributed by atoms with Crippen LogP contribution in [-0.4, -0.2) is 13.2 Å². The van der Waals surface area contributed by atoms with Crippen molar-refractivity contribution in [1.29, 1.82) is 0 Å². The van der Waals surface area contributed by atoms with Crippen molar-refractivity contribution in [2.75, 3.05) is 7.11 Å². The van der Waals surface area contributed by atoms with Crippen LogP contribution >= 0.6 is 0 Å². The Morgan fingerprint density at radius 2 is 2.20 bits per heavy atom. The number of rotatable bonds is 3. The Balaban J connectivity index is 3.36. The lowest BCUT2D eigenvalue weighted by Gasteiger charge is -2.17. The largest absolute Gasteiger partial charge is 0.493 e. The van der Waals surface area contributed by atoms with E-state index in [9.17, 15) is 13.6 Å². The molecule has 1 rings (SSSR count). The number of isocyanates is 1. The number of hydrogen-bond acceptors (Lipinski definition) is 3. The maximum atomic E-state index is 13.8. The van der Waals surface area contributed by atoms with E-state index in [0.29, 0.717) is 0 Å². The molecule has 15 heavy (non-hydrogen) atoms. The lowest BCUT2D eigenvalue weighted by atomic mass is 10.1. The van der Waals surface area contributed by atoms with Crippen molar-refractivity contribution in [3.05, 3.63) is 29.6 Å². The Hall–Kier alpha value is -1.74. The minimum atomic E-state index is -2.34. The van der Waals surface area contributed by atoms with Crippen molar-refractivity contribution in [2.45, 2.75) is 12.7 Å². The Kier molecular flexibility index (Phi) is 3.17. The molecule has 1 unspecified atom stereocenters. The van der Waals surface area contributed by atoms with Gasteiger partial charge in [-0.1, -0.05) is 6.07 Å². The monoisotopic (exact) mass is 213 g/mol. The number of aliphatic imine (C=N–C) groups is 1. The molecule has 0 radical (unpaired) electrons. The van der Waals surface area contributed by atoms with Crippen LogP contribution in [0, 0.1) is 5.82 Å². The lowest BCUT2D eigenvalue weighted by molar-refractivity contribution is 0.197. The van der Waals surface area contributed by atoms with Gasteiger partial charge in [-0.2, -0.15) is 4.99 Å². The van der Waals surface area contributed by atoms with Gasteiger partial charge in [0, 0.05) is 0 Å². The lowest BCUT2D eigenvalue weighted by Crippen LogP contribution is -2.13. The van der Waals surface area contributed by atoms with E-state index in [1.165, 1.54) is 19.2 Å². The number of nitrogens with zero attached hydrogens (tertiary/aromatic N) is 1. The van der Waals surface area contributed by atoms with E-state index >= 15 is 0 Å². The Morgan fingerprint density at radius 1 is 1.53 bits per heavy atom. The average Bonchev–Trinajstić information content (AvgIpc) is 2.17. The molecular weight excluding hydrogens is 204 g/mol. The molecule has 0 spiro atoms. The molecule has 0 aromatic heterocycles. The summed E-state index contributed by atoms with van der Waals surface area (Å²) >= 11 is 0. The van der Waals surface area contributed by atoms with Crippen LogP contribution in [0.3, 0.4) is 0 Å². The van der Waals surface area contributed by atoms with Gasteiger partial charge in [-0.25, -0.2) is 13.6 Å². The molecule has 3 nitrogen and oxygen atoms in total. The van der Waals surface area contributed by atoms with Crippen molar-refractivity contribution in [1.82, 2.24) is 0 Å². The van der Waals surface area contributed by atoms with Gasteiger partial charge in [-0.05, 0) is 19.1 Å². The molecule has 0 heterocycles. The Labute approximate surface area is 85.4 Å². The second-order valence-electron chi connectivity index (χ2n) is 2.98. The van der Waals surface area contributed by atoms with Gasteiger partial charge < -0.3 is 4.74 Å². The predicted molar refractivity (Wildman–Crippen MR) is 49.5 cm³/mol. The zero-order chi connectivity index (χ0) is 11.5. The highest BCUT2D eigenvalue weighted by molar-refractivity contribution is 5.42. The summed E-state index contributed by atoms with van der Waals surface area (Å²) in [6.45, 7) is 1.02. The van der Waals surface area contributed by atoms with Crippen LogP contribution in [0.2, 0.25) is 0 Å². The summed E-state index contributed by atoms with van der Waals surface area (Å²) in [5.74, 6) is -3.31. The van der Waals surface area contributed by atoms with Crippen molar-refractivity contribution in [3.63, 3.8) is 0 Å². The molecule has 0 aliphatic carbocycles. The van der Waals surface area contributed by atoms with E-state index in [4.69, 9.17) is 4.74 Å². The first-order valence-corrected chi connectivity index (χ1v) is 4.14. The minimum absolute atomic E-state index is 0.145. The first kappa shape index (κ1) is 11.3. The summed E-state index contributed by atoms with van der Waals surface area (Å²) in [6, 6.07) is 3.73. The van der Waals surface area contributed by atoms with Crippen molar-refractivity contribution in [2.24, 2.45) is 4.99 Å². The molecule has 0 bridgehead atoms. The Bertz CT molecular complexity index is 412. The molecular formula is C10H9F2NO2. The molecule has 0 fully saturated rings. The first-order valence-electron chi connectivity index (χ1n) is 4.14. The van der Waals surface area contributed by atoms with Gasteiger partial charge in [-0.15, -0.1) is 0 Å². The van der Waals surface area contributed by atoms with E-state index < -0.39 is 11.6 Å². The van der Waals surface area contributed by atoms with Gasteiger partial charge in [0.2, 0.25) is 11.9 Å². The number of hydrogen-bond donors (Lipinski definition) is 0. The molecule has 1 atom stereocenters. The SMILES string of the molecule is COc1c(F)cccc1C(C)(F)N=C=O. The van der Waals surface area contributed by atoms with Crippen LogP contribution in [-0.2, 0) is 10.6 Å². The molecule has 0 aliphatic rings. The summed E-state index contributed by atoms with van der Waals surface area (Å²) in [5, 5.41) is 0. The highest BCUT2D eigenvalue weighted by Gasteiger charge is 2.30. The Morgan fingerprint density at radius 3 is 2.73 bits per heavy atom. The standard InChI is InChI=1S/C10H9F2NO2/c1-10(12,13-6-14)7-4-3-5-8(11)9(7)15-2/h3-5H,1-2H3. The van der Waals surface area contributed by atoms with E-state index in [1.807, 2.05) is 0 Å². The number of para-hydroxylation sites is 1.